The largest absolute Gasteiger partial charge is 0.476 e. The first kappa shape index (κ1) is 17.3. The molecule has 2 heterocycles. The normalized spacial score (nSPS) is 15.3. The summed E-state index contributed by atoms with van der Waals surface area (Å²) in [6.45, 7) is 10.8. The van der Waals surface area contributed by atoms with Crippen molar-refractivity contribution >= 4 is 12.1 Å². The van der Waals surface area contributed by atoms with Crippen molar-refractivity contribution in [3.8, 4) is 0 Å². The number of hydrogen-bond acceptors (Lipinski definition) is 4. The summed E-state index contributed by atoms with van der Waals surface area (Å²) in [5, 5.41) is 13.6. The van der Waals surface area contributed by atoms with E-state index in [0.29, 0.717) is 31.6 Å². The van der Waals surface area contributed by atoms with Gasteiger partial charge in [-0.25, -0.2) is 9.59 Å². The highest BCUT2D eigenvalue weighted by Gasteiger charge is 2.30. The fourth-order valence-electron chi connectivity index (χ4n) is 2.78. The van der Waals surface area contributed by atoms with Gasteiger partial charge < -0.3 is 14.7 Å². The molecule has 0 atom stereocenters. The van der Waals surface area contributed by atoms with E-state index < -0.39 is 11.6 Å². The quantitative estimate of drug-likeness (QED) is 0.904. The number of rotatable bonds is 2. The number of carboxylic acids is 1. The van der Waals surface area contributed by atoms with Crippen LogP contribution in [-0.2, 0) is 17.8 Å². The zero-order valence-corrected chi connectivity index (χ0v) is 14.4. The lowest BCUT2D eigenvalue weighted by Crippen LogP contribution is -2.36. The van der Waals surface area contributed by atoms with Crippen LogP contribution in [0.1, 0.15) is 68.7 Å². The Hall–Kier alpha value is -2.05. The van der Waals surface area contributed by atoms with E-state index >= 15 is 0 Å². The van der Waals surface area contributed by atoms with E-state index in [1.165, 1.54) is 0 Å². The lowest BCUT2D eigenvalue weighted by atomic mass is 10.00. The molecule has 1 aromatic rings. The molecule has 0 aliphatic carbocycles. The van der Waals surface area contributed by atoms with Crippen LogP contribution in [0.5, 0.6) is 0 Å². The van der Waals surface area contributed by atoms with Gasteiger partial charge in [0, 0.05) is 18.7 Å². The third-order valence-corrected chi connectivity index (χ3v) is 3.67. The summed E-state index contributed by atoms with van der Waals surface area (Å²) in [5.41, 5.74) is 1.02. The second-order valence-electron chi connectivity index (χ2n) is 7.15. The third-order valence-electron chi connectivity index (χ3n) is 3.67. The number of fused-ring (bicyclic) bond motifs is 1. The van der Waals surface area contributed by atoms with Crippen LogP contribution >= 0.6 is 0 Å². The van der Waals surface area contributed by atoms with Crippen molar-refractivity contribution in [2.75, 3.05) is 6.54 Å². The monoisotopic (exact) mass is 323 g/mol. The Balaban J connectivity index is 2.35. The van der Waals surface area contributed by atoms with Crippen molar-refractivity contribution in [1.82, 2.24) is 14.7 Å². The van der Waals surface area contributed by atoms with E-state index in [0.717, 1.165) is 5.69 Å². The summed E-state index contributed by atoms with van der Waals surface area (Å²) in [6, 6.07) is 0. The van der Waals surface area contributed by atoms with Gasteiger partial charge in [0.25, 0.3) is 0 Å². The lowest BCUT2D eigenvalue weighted by Gasteiger charge is -2.26. The molecule has 1 amide bonds. The molecular weight excluding hydrogens is 298 g/mol. The molecule has 0 fully saturated rings. The Morgan fingerprint density at radius 1 is 1.26 bits per heavy atom. The molecule has 0 spiro atoms. The first-order valence-electron chi connectivity index (χ1n) is 7.91. The highest BCUT2D eigenvalue weighted by atomic mass is 16.6. The van der Waals surface area contributed by atoms with Gasteiger partial charge in [-0.05, 0) is 33.1 Å². The van der Waals surface area contributed by atoms with Crippen molar-refractivity contribution in [2.45, 2.75) is 65.6 Å². The van der Waals surface area contributed by atoms with Crippen LogP contribution in [0.3, 0.4) is 0 Å². The van der Waals surface area contributed by atoms with Gasteiger partial charge >= 0.3 is 12.1 Å². The molecule has 7 nitrogen and oxygen atoms in total. The average molecular weight is 323 g/mol. The van der Waals surface area contributed by atoms with Crippen LogP contribution in [-0.4, -0.2) is 44.0 Å². The Morgan fingerprint density at radius 2 is 1.91 bits per heavy atom. The number of nitrogens with zero attached hydrogens (tertiary/aromatic N) is 3. The maximum Gasteiger partial charge on any atom is 0.410 e. The number of amides is 1. The summed E-state index contributed by atoms with van der Waals surface area (Å²) in [4.78, 5) is 25.4. The zero-order chi connectivity index (χ0) is 17.4. The minimum Gasteiger partial charge on any atom is -0.476 e. The summed E-state index contributed by atoms with van der Waals surface area (Å²) >= 11 is 0. The number of carbonyl (C=O) groups is 2. The highest BCUT2D eigenvalue weighted by Crippen LogP contribution is 2.27. The molecule has 1 aliphatic heterocycles. The van der Waals surface area contributed by atoms with Gasteiger partial charge in [-0.1, -0.05) is 13.8 Å². The number of aryl methyl sites for hydroxylation is 1. The maximum atomic E-state index is 12.4. The standard InChI is InChI=1S/C16H25N3O4/c1-10(2)12-11-9-18(15(22)23-16(3,4)5)7-6-8-19(11)17-13(12)14(20)21/h10H,6-9H2,1-5H3,(H,20,21). The van der Waals surface area contributed by atoms with E-state index in [-0.39, 0.29) is 17.7 Å². The number of aromatic carboxylic acids is 1. The lowest BCUT2D eigenvalue weighted by molar-refractivity contribution is 0.0236. The molecule has 128 valence electrons. The second kappa shape index (κ2) is 6.22. The van der Waals surface area contributed by atoms with E-state index in [2.05, 4.69) is 5.10 Å². The first-order valence-corrected chi connectivity index (χ1v) is 7.91. The molecule has 1 N–H and O–H groups in total. The van der Waals surface area contributed by atoms with E-state index in [1.807, 2.05) is 34.6 Å². The molecule has 1 aromatic heterocycles. The van der Waals surface area contributed by atoms with Gasteiger partial charge in [0.1, 0.15) is 5.60 Å². The van der Waals surface area contributed by atoms with Gasteiger partial charge in [0.2, 0.25) is 0 Å². The fourth-order valence-corrected chi connectivity index (χ4v) is 2.78. The third kappa shape index (κ3) is 3.83. The highest BCUT2D eigenvalue weighted by molar-refractivity contribution is 5.87. The zero-order valence-electron chi connectivity index (χ0n) is 14.4. The average Bonchev–Trinajstić information content (AvgIpc) is 2.62. The summed E-state index contributed by atoms with van der Waals surface area (Å²) in [7, 11) is 0. The molecule has 2 rings (SSSR count). The molecule has 1 aliphatic rings. The summed E-state index contributed by atoms with van der Waals surface area (Å²) < 4.78 is 7.17. The smallest absolute Gasteiger partial charge is 0.410 e. The number of hydrogen-bond donors (Lipinski definition) is 1. The van der Waals surface area contributed by atoms with Gasteiger partial charge in [-0.3, -0.25) is 4.68 Å². The minimum atomic E-state index is -1.03. The molecular formula is C16H25N3O4. The first-order chi connectivity index (χ1) is 10.6. The summed E-state index contributed by atoms with van der Waals surface area (Å²) in [5.74, 6) is -1.01. The van der Waals surface area contributed by atoms with Crippen LogP contribution < -0.4 is 0 Å². The number of ether oxygens (including phenoxy) is 1. The molecule has 0 aromatic carbocycles. The Kier molecular flexibility index (Phi) is 4.68. The molecule has 0 saturated heterocycles. The number of carboxylic acid groups (broad SMARTS) is 1. The fraction of sp³-hybridized carbons (Fsp3) is 0.688. The van der Waals surface area contributed by atoms with Crippen LogP contribution in [0, 0.1) is 0 Å². The van der Waals surface area contributed by atoms with Crippen molar-refractivity contribution in [1.29, 1.82) is 0 Å². The second-order valence-corrected chi connectivity index (χ2v) is 7.15. The van der Waals surface area contributed by atoms with Gasteiger partial charge in [0.05, 0.1) is 12.2 Å². The van der Waals surface area contributed by atoms with E-state index in [1.54, 1.807) is 9.58 Å². The Labute approximate surface area is 136 Å². The Morgan fingerprint density at radius 3 is 2.43 bits per heavy atom. The van der Waals surface area contributed by atoms with Crippen LogP contribution in [0.15, 0.2) is 0 Å². The molecule has 0 unspecified atom stereocenters. The predicted molar refractivity (Wildman–Crippen MR) is 84.5 cm³/mol. The Bertz CT molecular complexity index is 614. The number of aromatic nitrogens is 2. The van der Waals surface area contributed by atoms with Crippen molar-refractivity contribution in [3.05, 3.63) is 17.0 Å². The summed E-state index contributed by atoms with van der Waals surface area (Å²) in [6.07, 6.45) is 0.337. The van der Waals surface area contributed by atoms with E-state index in [4.69, 9.17) is 4.74 Å². The van der Waals surface area contributed by atoms with Crippen LogP contribution in [0.2, 0.25) is 0 Å². The van der Waals surface area contributed by atoms with Crippen molar-refractivity contribution in [3.63, 3.8) is 0 Å². The van der Waals surface area contributed by atoms with Crippen LogP contribution in [0.4, 0.5) is 4.79 Å². The maximum absolute atomic E-state index is 12.4. The predicted octanol–water partition coefficient (Wildman–Crippen LogP) is 2.85. The molecule has 0 radical (unpaired) electrons. The van der Waals surface area contributed by atoms with E-state index in [9.17, 15) is 14.7 Å². The molecule has 0 saturated carbocycles. The van der Waals surface area contributed by atoms with Crippen molar-refractivity contribution in [2.24, 2.45) is 0 Å². The minimum absolute atomic E-state index is 0.0171. The van der Waals surface area contributed by atoms with Gasteiger partial charge in [-0.2, -0.15) is 5.10 Å². The molecule has 7 heteroatoms. The number of carbonyl (C=O) groups excluding carboxylic acids is 1. The van der Waals surface area contributed by atoms with Crippen LogP contribution in [0.25, 0.3) is 0 Å². The van der Waals surface area contributed by atoms with Gasteiger partial charge in [0.15, 0.2) is 5.69 Å². The molecule has 23 heavy (non-hydrogen) atoms. The van der Waals surface area contributed by atoms with Crippen molar-refractivity contribution < 1.29 is 19.4 Å². The molecule has 0 bridgehead atoms. The topological polar surface area (TPSA) is 84.7 Å². The van der Waals surface area contributed by atoms with Gasteiger partial charge in [-0.15, -0.1) is 0 Å². The SMILES string of the molecule is CC(C)c1c(C(=O)O)nn2c1CN(C(=O)OC(C)(C)C)CCC2.